The first-order valence-corrected chi connectivity index (χ1v) is 5.34. The fraction of sp³-hybridized carbons (Fsp3) is 0.333. The third-order valence-electron chi connectivity index (χ3n) is 2.59. The number of carbonyl (C=O) groups is 1. The normalized spacial score (nSPS) is 18.4. The highest BCUT2D eigenvalue weighted by Crippen LogP contribution is 2.20. The summed E-state index contributed by atoms with van der Waals surface area (Å²) in [5.74, 6) is 0.420. The zero-order valence-electron chi connectivity index (χ0n) is 9.55. The standard InChI is InChI=1S/C12H14N2O3/c1-16-9-4-2-8(3-5-9)11-6-10(17-14-11)7-12(13)15/h2-5,10H,6-7H2,1H3,(H2,13,15)/t10-/m0/s1. The summed E-state index contributed by atoms with van der Waals surface area (Å²) in [5.41, 5.74) is 6.91. The number of hydrogen-bond donors (Lipinski definition) is 1. The molecular formula is C12H14N2O3. The third-order valence-corrected chi connectivity index (χ3v) is 2.59. The molecule has 5 heteroatoms. The second kappa shape index (κ2) is 4.86. The molecule has 17 heavy (non-hydrogen) atoms. The summed E-state index contributed by atoms with van der Waals surface area (Å²) in [4.78, 5) is 15.9. The number of amides is 1. The Kier molecular flexibility index (Phi) is 3.27. The molecule has 2 N–H and O–H groups in total. The van der Waals surface area contributed by atoms with Gasteiger partial charge in [0.25, 0.3) is 0 Å². The molecule has 1 aliphatic heterocycles. The predicted octanol–water partition coefficient (Wildman–Crippen LogP) is 1.06. The van der Waals surface area contributed by atoms with Crippen molar-refractivity contribution in [2.75, 3.05) is 7.11 Å². The molecule has 0 radical (unpaired) electrons. The number of nitrogens with two attached hydrogens (primary N) is 1. The van der Waals surface area contributed by atoms with Gasteiger partial charge in [0.05, 0.1) is 19.2 Å². The first kappa shape index (κ1) is 11.4. The van der Waals surface area contributed by atoms with Gasteiger partial charge in [-0.2, -0.15) is 0 Å². The van der Waals surface area contributed by atoms with Crippen LogP contribution in [0.15, 0.2) is 29.4 Å². The fourth-order valence-corrected chi connectivity index (χ4v) is 1.72. The van der Waals surface area contributed by atoms with Crippen molar-refractivity contribution in [3.8, 4) is 5.75 Å². The minimum absolute atomic E-state index is 0.198. The van der Waals surface area contributed by atoms with E-state index in [0.29, 0.717) is 6.42 Å². The molecule has 0 aliphatic carbocycles. The largest absolute Gasteiger partial charge is 0.497 e. The van der Waals surface area contributed by atoms with E-state index >= 15 is 0 Å². The van der Waals surface area contributed by atoms with Gasteiger partial charge in [-0.1, -0.05) is 5.16 Å². The molecule has 1 atom stereocenters. The third kappa shape index (κ3) is 2.75. The van der Waals surface area contributed by atoms with E-state index in [0.717, 1.165) is 17.0 Å². The van der Waals surface area contributed by atoms with Gasteiger partial charge >= 0.3 is 0 Å². The van der Waals surface area contributed by atoms with E-state index in [1.807, 2.05) is 24.3 Å². The first-order valence-electron chi connectivity index (χ1n) is 5.34. The summed E-state index contributed by atoms with van der Waals surface area (Å²) in [7, 11) is 1.62. The molecule has 0 fully saturated rings. The quantitative estimate of drug-likeness (QED) is 0.846. The van der Waals surface area contributed by atoms with Crippen molar-refractivity contribution in [3.05, 3.63) is 29.8 Å². The molecule has 5 nitrogen and oxygen atoms in total. The van der Waals surface area contributed by atoms with E-state index in [2.05, 4.69) is 5.16 Å². The van der Waals surface area contributed by atoms with Crippen molar-refractivity contribution < 1.29 is 14.4 Å². The van der Waals surface area contributed by atoms with Gasteiger partial charge in [0, 0.05) is 6.42 Å². The molecule has 1 aliphatic rings. The highest BCUT2D eigenvalue weighted by Gasteiger charge is 2.23. The number of hydrogen-bond acceptors (Lipinski definition) is 4. The molecule has 1 amide bonds. The van der Waals surface area contributed by atoms with Crippen LogP contribution in [0.1, 0.15) is 18.4 Å². The Labute approximate surface area is 99.2 Å². The lowest BCUT2D eigenvalue weighted by atomic mass is 10.0. The summed E-state index contributed by atoms with van der Waals surface area (Å²) in [6, 6.07) is 7.54. The smallest absolute Gasteiger partial charge is 0.221 e. The molecule has 1 heterocycles. The minimum Gasteiger partial charge on any atom is -0.497 e. The lowest BCUT2D eigenvalue weighted by molar-refractivity contribution is -0.120. The maximum atomic E-state index is 10.8. The molecule has 0 spiro atoms. The monoisotopic (exact) mass is 234 g/mol. The van der Waals surface area contributed by atoms with Crippen LogP contribution in [0, 0.1) is 0 Å². The Morgan fingerprint density at radius 2 is 2.24 bits per heavy atom. The molecule has 2 rings (SSSR count). The highest BCUT2D eigenvalue weighted by atomic mass is 16.6. The van der Waals surface area contributed by atoms with Crippen LogP contribution in [-0.2, 0) is 9.63 Å². The minimum atomic E-state index is -0.374. The van der Waals surface area contributed by atoms with Crippen molar-refractivity contribution in [2.24, 2.45) is 10.9 Å². The summed E-state index contributed by atoms with van der Waals surface area (Å²) >= 11 is 0. The van der Waals surface area contributed by atoms with Crippen LogP contribution < -0.4 is 10.5 Å². The fourth-order valence-electron chi connectivity index (χ4n) is 1.72. The zero-order valence-corrected chi connectivity index (χ0v) is 9.55. The van der Waals surface area contributed by atoms with Gasteiger partial charge in [-0.25, -0.2) is 0 Å². The number of benzene rings is 1. The Morgan fingerprint density at radius 1 is 1.53 bits per heavy atom. The van der Waals surface area contributed by atoms with Gasteiger partial charge in [0.2, 0.25) is 5.91 Å². The maximum absolute atomic E-state index is 10.8. The zero-order chi connectivity index (χ0) is 12.3. The van der Waals surface area contributed by atoms with E-state index in [-0.39, 0.29) is 18.4 Å². The predicted molar refractivity (Wildman–Crippen MR) is 62.8 cm³/mol. The van der Waals surface area contributed by atoms with E-state index in [4.69, 9.17) is 15.3 Å². The number of ether oxygens (including phenoxy) is 1. The average Bonchev–Trinajstić information content (AvgIpc) is 2.77. The molecule has 0 saturated carbocycles. The lowest BCUT2D eigenvalue weighted by Gasteiger charge is -2.04. The van der Waals surface area contributed by atoms with Gasteiger partial charge in [0.15, 0.2) is 0 Å². The maximum Gasteiger partial charge on any atom is 0.221 e. The highest BCUT2D eigenvalue weighted by molar-refractivity contribution is 6.01. The molecule has 0 unspecified atom stereocenters. The average molecular weight is 234 g/mol. The van der Waals surface area contributed by atoms with Crippen LogP contribution in [0.3, 0.4) is 0 Å². The number of oxime groups is 1. The Morgan fingerprint density at radius 3 is 2.82 bits per heavy atom. The molecule has 1 aromatic carbocycles. The van der Waals surface area contributed by atoms with Gasteiger partial charge in [-0.3, -0.25) is 4.79 Å². The van der Waals surface area contributed by atoms with Crippen molar-refractivity contribution >= 4 is 11.6 Å². The Balaban J connectivity index is 2.02. The SMILES string of the molecule is COc1ccc(C2=NO[C@H](CC(N)=O)C2)cc1. The summed E-state index contributed by atoms with van der Waals surface area (Å²) < 4.78 is 5.07. The van der Waals surface area contributed by atoms with Gasteiger partial charge in [-0.05, 0) is 29.8 Å². The number of carbonyl (C=O) groups excluding carboxylic acids is 1. The van der Waals surface area contributed by atoms with E-state index in [1.54, 1.807) is 7.11 Å². The molecule has 0 aromatic heterocycles. The Bertz CT molecular complexity index is 440. The van der Waals surface area contributed by atoms with E-state index in [9.17, 15) is 4.79 Å². The summed E-state index contributed by atoms with van der Waals surface area (Å²) in [6.45, 7) is 0. The van der Waals surface area contributed by atoms with Gasteiger partial charge < -0.3 is 15.3 Å². The number of rotatable bonds is 4. The molecule has 90 valence electrons. The molecular weight excluding hydrogens is 220 g/mol. The molecule has 0 bridgehead atoms. The summed E-state index contributed by atoms with van der Waals surface area (Å²) in [5, 5.41) is 3.96. The Hall–Kier alpha value is -2.04. The number of methoxy groups -OCH3 is 1. The van der Waals surface area contributed by atoms with E-state index in [1.165, 1.54) is 0 Å². The second-order valence-electron chi connectivity index (χ2n) is 3.87. The van der Waals surface area contributed by atoms with Crippen molar-refractivity contribution in [1.82, 2.24) is 0 Å². The number of nitrogens with zero attached hydrogens (tertiary/aromatic N) is 1. The first-order chi connectivity index (χ1) is 8.19. The van der Waals surface area contributed by atoms with Crippen LogP contribution in [0.2, 0.25) is 0 Å². The van der Waals surface area contributed by atoms with Gasteiger partial charge in [-0.15, -0.1) is 0 Å². The van der Waals surface area contributed by atoms with Crippen LogP contribution >= 0.6 is 0 Å². The van der Waals surface area contributed by atoms with Crippen LogP contribution in [-0.4, -0.2) is 24.8 Å². The molecule has 0 saturated heterocycles. The van der Waals surface area contributed by atoms with Crippen molar-refractivity contribution in [1.29, 1.82) is 0 Å². The van der Waals surface area contributed by atoms with Crippen molar-refractivity contribution in [2.45, 2.75) is 18.9 Å². The van der Waals surface area contributed by atoms with Crippen molar-refractivity contribution in [3.63, 3.8) is 0 Å². The van der Waals surface area contributed by atoms with Gasteiger partial charge in [0.1, 0.15) is 11.9 Å². The molecule has 1 aromatic rings. The lowest BCUT2D eigenvalue weighted by Crippen LogP contribution is -2.20. The number of primary amides is 1. The topological polar surface area (TPSA) is 73.9 Å². The van der Waals surface area contributed by atoms with Crippen LogP contribution in [0.5, 0.6) is 5.75 Å². The van der Waals surface area contributed by atoms with Crippen LogP contribution in [0.25, 0.3) is 0 Å². The van der Waals surface area contributed by atoms with E-state index < -0.39 is 0 Å². The summed E-state index contributed by atoms with van der Waals surface area (Å²) in [6.07, 6.45) is 0.572. The van der Waals surface area contributed by atoms with Crippen LogP contribution in [0.4, 0.5) is 0 Å². The second-order valence-corrected chi connectivity index (χ2v) is 3.87.